The summed E-state index contributed by atoms with van der Waals surface area (Å²) < 4.78 is 5.28. The number of carbonyl (C=O) groups excluding carboxylic acids is 1. The normalized spacial score (nSPS) is 13.9. The molecule has 110 valence electrons. The lowest BCUT2D eigenvalue weighted by molar-refractivity contribution is -0.127. The summed E-state index contributed by atoms with van der Waals surface area (Å²) in [7, 11) is 0. The predicted octanol–water partition coefficient (Wildman–Crippen LogP) is 2.10. The van der Waals surface area contributed by atoms with Gasteiger partial charge in [-0.25, -0.2) is 0 Å². The van der Waals surface area contributed by atoms with E-state index in [2.05, 4.69) is 26.1 Å². The van der Waals surface area contributed by atoms with Gasteiger partial charge in [0.2, 0.25) is 5.91 Å². The van der Waals surface area contributed by atoms with Crippen LogP contribution in [0.5, 0.6) is 0 Å². The molecule has 0 aliphatic heterocycles. The lowest BCUT2D eigenvalue weighted by atomic mass is 9.91. The van der Waals surface area contributed by atoms with Crippen molar-refractivity contribution in [1.29, 1.82) is 0 Å². The first kappa shape index (κ1) is 20.0. The Labute approximate surface area is 117 Å². The Morgan fingerprint density at radius 2 is 2.06 bits per heavy atom. The van der Waals surface area contributed by atoms with Crippen LogP contribution < -0.4 is 11.1 Å². The summed E-state index contributed by atoms with van der Waals surface area (Å²) in [4.78, 5) is 11.7. The molecule has 0 bridgehead atoms. The van der Waals surface area contributed by atoms with E-state index in [1.807, 2.05) is 6.92 Å². The molecule has 0 saturated heterocycles. The van der Waals surface area contributed by atoms with Crippen molar-refractivity contribution in [2.24, 2.45) is 11.7 Å². The van der Waals surface area contributed by atoms with Crippen LogP contribution in [0.2, 0.25) is 0 Å². The third-order valence-electron chi connectivity index (χ3n) is 2.63. The van der Waals surface area contributed by atoms with Gasteiger partial charge in [0, 0.05) is 18.7 Å². The Kier molecular flexibility index (Phi) is 11.8. The van der Waals surface area contributed by atoms with Crippen LogP contribution in [-0.4, -0.2) is 31.2 Å². The largest absolute Gasteiger partial charge is 0.372 e. The zero-order valence-electron chi connectivity index (χ0n) is 12.1. The van der Waals surface area contributed by atoms with Gasteiger partial charge >= 0.3 is 0 Å². The van der Waals surface area contributed by atoms with Gasteiger partial charge in [-0.1, -0.05) is 27.2 Å². The predicted molar refractivity (Wildman–Crippen MR) is 78.0 cm³/mol. The lowest BCUT2D eigenvalue weighted by Gasteiger charge is -2.31. The number of halogens is 1. The number of amides is 1. The van der Waals surface area contributed by atoms with Crippen molar-refractivity contribution in [1.82, 2.24) is 5.32 Å². The Balaban J connectivity index is 0. The van der Waals surface area contributed by atoms with E-state index in [0.29, 0.717) is 19.1 Å². The molecule has 1 atom stereocenters. The molecular formula is C13H29ClN2O2. The molecule has 0 spiro atoms. The summed E-state index contributed by atoms with van der Waals surface area (Å²) in [5.41, 5.74) is 5.40. The number of nitrogens with two attached hydrogens (primary N) is 1. The standard InChI is InChI=1S/C13H28N2O2.ClH/c1-5-6-7-17-9-12(16)15-13(4,10-14)8-11(2)3;/h11H,5-10,14H2,1-4H3,(H,15,16);1H. The first-order chi connectivity index (χ1) is 7.93. The molecule has 1 unspecified atom stereocenters. The molecule has 0 aromatic heterocycles. The summed E-state index contributed by atoms with van der Waals surface area (Å²) in [6, 6.07) is 0. The van der Waals surface area contributed by atoms with E-state index in [1.54, 1.807) is 0 Å². The van der Waals surface area contributed by atoms with Crippen molar-refractivity contribution in [3.63, 3.8) is 0 Å². The topological polar surface area (TPSA) is 64.3 Å². The van der Waals surface area contributed by atoms with E-state index in [4.69, 9.17) is 10.5 Å². The van der Waals surface area contributed by atoms with Gasteiger partial charge < -0.3 is 15.8 Å². The van der Waals surface area contributed by atoms with Gasteiger partial charge in [-0.3, -0.25) is 4.79 Å². The van der Waals surface area contributed by atoms with E-state index in [1.165, 1.54) is 0 Å². The van der Waals surface area contributed by atoms with Crippen molar-refractivity contribution >= 4 is 18.3 Å². The highest BCUT2D eigenvalue weighted by Crippen LogP contribution is 2.14. The molecule has 0 saturated carbocycles. The highest BCUT2D eigenvalue weighted by molar-refractivity contribution is 5.85. The van der Waals surface area contributed by atoms with Crippen LogP contribution in [0, 0.1) is 5.92 Å². The first-order valence-electron chi connectivity index (χ1n) is 6.52. The number of carbonyl (C=O) groups is 1. The number of unbranched alkanes of at least 4 members (excludes halogenated alkanes) is 1. The molecule has 0 fully saturated rings. The van der Waals surface area contributed by atoms with E-state index in [0.717, 1.165) is 19.3 Å². The fraction of sp³-hybridized carbons (Fsp3) is 0.923. The Morgan fingerprint density at radius 3 is 2.50 bits per heavy atom. The van der Waals surface area contributed by atoms with Crippen molar-refractivity contribution in [2.45, 2.75) is 52.5 Å². The zero-order chi connectivity index (χ0) is 13.3. The average Bonchev–Trinajstić information content (AvgIpc) is 2.23. The van der Waals surface area contributed by atoms with E-state index >= 15 is 0 Å². The Morgan fingerprint density at radius 1 is 1.44 bits per heavy atom. The first-order valence-corrected chi connectivity index (χ1v) is 6.52. The van der Waals surface area contributed by atoms with Crippen molar-refractivity contribution in [2.75, 3.05) is 19.8 Å². The van der Waals surface area contributed by atoms with Gasteiger partial charge in [-0.2, -0.15) is 0 Å². The van der Waals surface area contributed by atoms with Crippen LogP contribution in [0.25, 0.3) is 0 Å². The summed E-state index contributed by atoms with van der Waals surface area (Å²) in [6.45, 7) is 9.55. The molecule has 1 amide bonds. The van der Waals surface area contributed by atoms with E-state index < -0.39 is 0 Å². The van der Waals surface area contributed by atoms with Gasteiger partial charge in [-0.15, -0.1) is 12.4 Å². The maximum absolute atomic E-state index is 11.7. The van der Waals surface area contributed by atoms with Crippen molar-refractivity contribution in [3.8, 4) is 0 Å². The fourth-order valence-corrected chi connectivity index (χ4v) is 1.87. The van der Waals surface area contributed by atoms with Crippen molar-refractivity contribution in [3.05, 3.63) is 0 Å². The molecule has 0 aromatic carbocycles. The molecular weight excluding hydrogens is 252 g/mol. The maximum Gasteiger partial charge on any atom is 0.246 e. The van der Waals surface area contributed by atoms with Crippen LogP contribution in [-0.2, 0) is 9.53 Å². The highest BCUT2D eigenvalue weighted by Gasteiger charge is 2.25. The minimum Gasteiger partial charge on any atom is -0.372 e. The minimum absolute atomic E-state index is 0. The Hall–Kier alpha value is -0.320. The monoisotopic (exact) mass is 280 g/mol. The Bertz CT molecular complexity index is 225. The molecule has 0 aliphatic rings. The van der Waals surface area contributed by atoms with Crippen molar-refractivity contribution < 1.29 is 9.53 Å². The summed E-state index contributed by atoms with van der Waals surface area (Å²) in [6.07, 6.45) is 2.95. The molecule has 0 aromatic rings. The zero-order valence-corrected chi connectivity index (χ0v) is 12.9. The van der Waals surface area contributed by atoms with E-state index in [-0.39, 0.29) is 30.5 Å². The lowest BCUT2D eigenvalue weighted by Crippen LogP contribution is -2.53. The maximum atomic E-state index is 11.7. The number of rotatable bonds is 9. The highest BCUT2D eigenvalue weighted by atomic mass is 35.5. The molecule has 0 radical (unpaired) electrons. The quantitative estimate of drug-likeness (QED) is 0.636. The number of hydrogen-bond acceptors (Lipinski definition) is 3. The molecule has 0 aliphatic carbocycles. The second kappa shape index (κ2) is 10.6. The molecule has 3 N–H and O–H groups in total. The number of nitrogens with one attached hydrogen (secondary N) is 1. The second-order valence-electron chi connectivity index (χ2n) is 5.32. The minimum atomic E-state index is -0.320. The van der Waals surface area contributed by atoms with Gasteiger partial charge in [-0.05, 0) is 25.7 Å². The molecule has 18 heavy (non-hydrogen) atoms. The third-order valence-corrected chi connectivity index (χ3v) is 2.63. The number of ether oxygens (including phenoxy) is 1. The smallest absolute Gasteiger partial charge is 0.246 e. The summed E-state index contributed by atoms with van der Waals surface area (Å²) in [5.74, 6) is 0.430. The molecule has 0 rings (SSSR count). The van der Waals surface area contributed by atoms with Gasteiger partial charge in [0.25, 0.3) is 0 Å². The molecule has 0 heterocycles. The summed E-state index contributed by atoms with van der Waals surface area (Å²) in [5, 5.41) is 2.96. The fourth-order valence-electron chi connectivity index (χ4n) is 1.87. The van der Waals surface area contributed by atoms with Crippen LogP contribution in [0.4, 0.5) is 0 Å². The van der Waals surface area contributed by atoms with E-state index in [9.17, 15) is 4.79 Å². The van der Waals surface area contributed by atoms with Crippen LogP contribution in [0.15, 0.2) is 0 Å². The number of hydrogen-bond donors (Lipinski definition) is 2. The van der Waals surface area contributed by atoms with Crippen LogP contribution in [0.1, 0.15) is 47.0 Å². The van der Waals surface area contributed by atoms with Crippen LogP contribution in [0.3, 0.4) is 0 Å². The average molecular weight is 281 g/mol. The van der Waals surface area contributed by atoms with Gasteiger partial charge in [0.05, 0.1) is 0 Å². The molecule has 5 heteroatoms. The molecule has 4 nitrogen and oxygen atoms in total. The summed E-state index contributed by atoms with van der Waals surface area (Å²) >= 11 is 0. The van der Waals surface area contributed by atoms with Crippen LogP contribution >= 0.6 is 12.4 Å². The van der Waals surface area contributed by atoms with Gasteiger partial charge in [0.1, 0.15) is 6.61 Å². The third kappa shape index (κ3) is 9.68. The SMILES string of the molecule is CCCCOCC(=O)NC(C)(CN)CC(C)C.Cl. The van der Waals surface area contributed by atoms with Gasteiger partial charge in [0.15, 0.2) is 0 Å². The second-order valence-corrected chi connectivity index (χ2v) is 5.32.